The molecule has 0 aliphatic heterocycles. The van der Waals surface area contributed by atoms with E-state index in [1.807, 2.05) is 52.0 Å². The third-order valence-corrected chi connectivity index (χ3v) is 8.90. The summed E-state index contributed by atoms with van der Waals surface area (Å²) in [5.74, 6) is -5.25. The topological polar surface area (TPSA) is 125 Å². The average Bonchev–Trinajstić information content (AvgIpc) is 2.91. The van der Waals surface area contributed by atoms with Crippen molar-refractivity contribution in [2.45, 2.75) is 59.5 Å². The number of aryl methyl sites for hydroxylation is 2. The molecule has 1 aliphatic rings. The van der Waals surface area contributed by atoms with Crippen molar-refractivity contribution in [1.82, 2.24) is 0 Å². The highest BCUT2D eigenvalue weighted by atomic mass is 79.9. The van der Waals surface area contributed by atoms with Crippen molar-refractivity contribution in [3.63, 3.8) is 0 Å². The number of aliphatic hydroxyl groups is 1. The van der Waals surface area contributed by atoms with E-state index in [0.717, 1.165) is 22.3 Å². The molecule has 8 nitrogen and oxygen atoms in total. The number of carbonyl (C=O) groups excluding carboxylic acids is 3. The van der Waals surface area contributed by atoms with Crippen LogP contribution in [0.4, 0.5) is 11.4 Å². The van der Waals surface area contributed by atoms with E-state index in [0.29, 0.717) is 16.9 Å². The van der Waals surface area contributed by atoms with E-state index in [2.05, 4.69) is 26.6 Å². The lowest BCUT2D eigenvalue weighted by molar-refractivity contribution is -0.150. The number of ether oxygens (including phenoxy) is 1. The second-order valence-corrected chi connectivity index (χ2v) is 12.1. The minimum atomic E-state index is -1.78. The number of hydrogen-bond acceptors (Lipinski definition) is 6. The first kappa shape index (κ1) is 31.3. The van der Waals surface area contributed by atoms with Gasteiger partial charge in [0, 0.05) is 23.7 Å². The molecule has 0 saturated heterocycles. The van der Waals surface area contributed by atoms with Gasteiger partial charge < -0.3 is 25.6 Å². The minimum absolute atomic E-state index is 0.127. The van der Waals surface area contributed by atoms with E-state index in [1.54, 1.807) is 25.1 Å². The number of carbonyl (C=O) groups is 3. The summed E-state index contributed by atoms with van der Waals surface area (Å²) >= 11 is 3.36. The zero-order chi connectivity index (χ0) is 30.9. The van der Waals surface area contributed by atoms with E-state index >= 15 is 0 Å². The quantitative estimate of drug-likeness (QED) is 0.232. The Hall–Kier alpha value is -3.69. The van der Waals surface area contributed by atoms with Gasteiger partial charge in [0.15, 0.2) is 11.5 Å². The molecular weight excluding hydrogens is 600 g/mol. The lowest BCUT2D eigenvalue weighted by Gasteiger charge is -2.44. The molecule has 1 saturated carbocycles. The molecule has 3 aromatic carbocycles. The van der Waals surface area contributed by atoms with Crippen LogP contribution in [0.5, 0.6) is 11.5 Å². The van der Waals surface area contributed by atoms with Gasteiger partial charge in [-0.3, -0.25) is 14.4 Å². The number of rotatable bonds is 7. The van der Waals surface area contributed by atoms with Crippen LogP contribution in [0.2, 0.25) is 0 Å². The predicted octanol–water partition coefficient (Wildman–Crippen LogP) is 6.10. The lowest BCUT2D eigenvalue weighted by atomic mass is 9.61. The van der Waals surface area contributed by atoms with Crippen LogP contribution >= 0.6 is 15.9 Å². The Kier molecular flexibility index (Phi) is 9.13. The highest BCUT2D eigenvalue weighted by Crippen LogP contribution is 2.49. The fourth-order valence-electron chi connectivity index (χ4n) is 5.74. The van der Waals surface area contributed by atoms with Gasteiger partial charge in [-0.25, -0.2) is 0 Å². The lowest BCUT2D eigenvalue weighted by Crippen LogP contribution is -2.56. The second kappa shape index (κ2) is 12.3. The number of aromatic hydroxyl groups is 1. The normalized spacial score (nSPS) is 22.0. The second-order valence-electron chi connectivity index (χ2n) is 11.2. The van der Waals surface area contributed by atoms with Crippen LogP contribution in [0.25, 0.3) is 0 Å². The Labute approximate surface area is 254 Å². The zero-order valence-corrected chi connectivity index (χ0v) is 26.3. The van der Waals surface area contributed by atoms with Crippen LogP contribution in [0, 0.1) is 39.5 Å². The Morgan fingerprint density at radius 2 is 1.52 bits per heavy atom. The van der Waals surface area contributed by atoms with Gasteiger partial charge in [0.1, 0.15) is 11.7 Å². The first-order valence-electron chi connectivity index (χ1n) is 13.9. The maximum atomic E-state index is 14.1. The summed E-state index contributed by atoms with van der Waals surface area (Å²) in [6, 6.07) is 14.1. The van der Waals surface area contributed by atoms with Crippen molar-refractivity contribution < 1.29 is 29.3 Å². The number of halogens is 1. The maximum absolute atomic E-state index is 14.1. The van der Waals surface area contributed by atoms with Crippen molar-refractivity contribution in [2.75, 3.05) is 17.2 Å². The summed E-state index contributed by atoms with van der Waals surface area (Å²) in [6.07, 6.45) is -0.392. The summed E-state index contributed by atoms with van der Waals surface area (Å²) < 4.78 is 5.91. The van der Waals surface area contributed by atoms with Gasteiger partial charge in [-0.05, 0) is 110 Å². The number of nitrogens with one attached hydrogen (secondary N) is 2. The standard InChI is InChI=1S/C33H37BrN2O6/c1-7-42-26-15-21(14-22(34)30(26)38)27-28(31(39)35-23-12-8-10-17(2)19(23)4)25(37)16-33(6,41)29(27)32(40)36-24-13-9-11-18(3)20(24)5/h8-15,27-29,38,41H,7,16H2,1-6H3,(H,35,39)(H,36,40). The molecule has 3 aromatic rings. The average molecular weight is 638 g/mol. The van der Waals surface area contributed by atoms with Gasteiger partial charge in [0.05, 0.1) is 22.6 Å². The van der Waals surface area contributed by atoms with E-state index in [-0.39, 0.29) is 22.6 Å². The number of ketones is 1. The molecule has 2 amide bonds. The molecule has 4 atom stereocenters. The highest BCUT2D eigenvalue weighted by molar-refractivity contribution is 9.10. The van der Waals surface area contributed by atoms with Gasteiger partial charge in [0.2, 0.25) is 11.8 Å². The molecule has 1 aliphatic carbocycles. The fourth-order valence-corrected chi connectivity index (χ4v) is 6.20. The molecule has 4 rings (SSSR count). The third-order valence-electron chi connectivity index (χ3n) is 8.29. The van der Waals surface area contributed by atoms with Crippen molar-refractivity contribution >= 4 is 44.9 Å². The molecule has 4 N–H and O–H groups in total. The molecule has 42 heavy (non-hydrogen) atoms. The summed E-state index contributed by atoms with van der Waals surface area (Å²) in [5, 5.41) is 28.1. The minimum Gasteiger partial charge on any atom is -0.503 e. The summed E-state index contributed by atoms with van der Waals surface area (Å²) in [7, 11) is 0. The van der Waals surface area contributed by atoms with Gasteiger partial charge in [-0.2, -0.15) is 0 Å². The highest BCUT2D eigenvalue weighted by Gasteiger charge is 2.56. The number of anilines is 2. The Bertz CT molecular complexity index is 1550. The van der Waals surface area contributed by atoms with Crippen LogP contribution in [0.15, 0.2) is 53.0 Å². The number of phenols is 1. The SMILES string of the molecule is CCOc1cc(C2C(C(=O)Nc3cccc(C)c3C)C(=O)CC(C)(O)C2C(=O)Nc2cccc(C)c2C)cc(Br)c1O. The molecule has 4 unspecified atom stereocenters. The monoisotopic (exact) mass is 636 g/mol. The van der Waals surface area contributed by atoms with E-state index in [4.69, 9.17) is 4.74 Å². The molecule has 0 spiro atoms. The van der Waals surface area contributed by atoms with Crippen molar-refractivity contribution in [3.8, 4) is 11.5 Å². The van der Waals surface area contributed by atoms with Gasteiger partial charge in [0.25, 0.3) is 0 Å². The number of amides is 2. The molecule has 0 aromatic heterocycles. The Morgan fingerprint density at radius 3 is 2.07 bits per heavy atom. The van der Waals surface area contributed by atoms with Crippen molar-refractivity contribution in [1.29, 1.82) is 0 Å². The van der Waals surface area contributed by atoms with E-state index < -0.39 is 47.4 Å². The molecule has 9 heteroatoms. The molecule has 1 fully saturated rings. The summed E-state index contributed by atoms with van der Waals surface area (Å²) in [4.78, 5) is 41.8. The number of phenolic OH excluding ortho intramolecular Hbond substituents is 1. The first-order valence-corrected chi connectivity index (χ1v) is 14.7. The Balaban J connectivity index is 1.88. The summed E-state index contributed by atoms with van der Waals surface area (Å²) in [6.45, 7) is 11.1. The van der Waals surface area contributed by atoms with E-state index in [9.17, 15) is 24.6 Å². The van der Waals surface area contributed by atoms with Crippen LogP contribution in [0.3, 0.4) is 0 Å². The van der Waals surface area contributed by atoms with Gasteiger partial charge in [-0.1, -0.05) is 24.3 Å². The van der Waals surface area contributed by atoms with Crippen molar-refractivity contribution in [2.24, 2.45) is 11.8 Å². The predicted molar refractivity (Wildman–Crippen MR) is 166 cm³/mol. The number of hydrogen-bond donors (Lipinski definition) is 4. The molecule has 0 radical (unpaired) electrons. The summed E-state index contributed by atoms with van der Waals surface area (Å²) in [5.41, 5.74) is 3.40. The van der Waals surface area contributed by atoms with Crippen LogP contribution in [0.1, 0.15) is 54.0 Å². The van der Waals surface area contributed by atoms with Crippen molar-refractivity contribution in [3.05, 3.63) is 80.8 Å². The molecular formula is C33H37BrN2O6. The third kappa shape index (κ3) is 6.08. The maximum Gasteiger partial charge on any atom is 0.235 e. The number of benzene rings is 3. The largest absolute Gasteiger partial charge is 0.503 e. The molecule has 222 valence electrons. The molecule has 0 heterocycles. The van der Waals surface area contributed by atoms with Crippen LogP contribution in [-0.2, 0) is 14.4 Å². The smallest absolute Gasteiger partial charge is 0.235 e. The van der Waals surface area contributed by atoms with Gasteiger partial charge >= 0.3 is 0 Å². The zero-order valence-electron chi connectivity index (χ0n) is 24.7. The first-order chi connectivity index (χ1) is 19.8. The number of Topliss-reactive ketones (excluding diaryl/α,β-unsaturated/α-hetero) is 1. The molecule has 0 bridgehead atoms. The Morgan fingerprint density at radius 1 is 0.976 bits per heavy atom. The fraction of sp³-hybridized carbons (Fsp3) is 0.364. The van der Waals surface area contributed by atoms with Crippen LogP contribution < -0.4 is 15.4 Å². The van der Waals surface area contributed by atoms with Gasteiger partial charge in [-0.15, -0.1) is 0 Å². The van der Waals surface area contributed by atoms with Crippen LogP contribution in [-0.4, -0.2) is 40.0 Å². The van der Waals surface area contributed by atoms with E-state index in [1.165, 1.54) is 13.0 Å².